The number of Topliss-reactive ketones (excluding diaryl/α,β-unsaturated/α-hetero) is 1. The summed E-state index contributed by atoms with van der Waals surface area (Å²) < 4.78 is 6.08. The number of ketones is 1. The predicted octanol–water partition coefficient (Wildman–Crippen LogP) is 5.89. The number of anilines is 1. The van der Waals surface area contributed by atoms with E-state index in [0.29, 0.717) is 27.0 Å². The smallest absolute Gasteiger partial charge is 0.301 e. The minimum atomic E-state index is -0.860. The van der Waals surface area contributed by atoms with Crippen LogP contribution in [-0.4, -0.2) is 28.9 Å². The normalized spacial score (nSPS) is 17.5. The molecule has 1 aromatic heterocycles. The Balaban J connectivity index is 1.71. The van der Waals surface area contributed by atoms with Crippen LogP contribution in [0, 0.1) is 6.92 Å². The fourth-order valence-electron chi connectivity index (χ4n) is 4.02. The van der Waals surface area contributed by atoms with Gasteiger partial charge in [-0.25, -0.2) is 4.98 Å². The number of carbonyl (C=O) groups is 2. The molecule has 4 aromatic rings. The number of benzene rings is 3. The number of hydrogen-bond acceptors (Lipinski definition) is 6. The molecule has 170 valence electrons. The highest BCUT2D eigenvalue weighted by molar-refractivity contribution is 7.22. The fraction of sp³-hybridized carbons (Fsp3) is 0.115. The molecule has 0 bridgehead atoms. The SMILES string of the molecule is COc1ccc(C(O)=C2C(=O)C(=O)N(c3nc4ccc(C)cc4s3)[C@H]2c2ccc(Cl)cc2)cc1. The van der Waals surface area contributed by atoms with Gasteiger partial charge in [-0.05, 0) is 66.6 Å². The number of aromatic nitrogens is 1. The van der Waals surface area contributed by atoms with Gasteiger partial charge >= 0.3 is 5.91 Å². The molecule has 2 heterocycles. The van der Waals surface area contributed by atoms with Gasteiger partial charge in [0.25, 0.3) is 5.78 Å². The van der Waals surface area contributed by atoms with Crippen molar-refractivity contribution >= 4 is 55.7 Å². The summed E-state index contributed by atoms with van der Waals surface area (Å²) in [5.41, 5.74) is 2.83. The van der Waals surface area contributed by atoms with Crippen LogP contribution in [0.25, 0.3) is 16.0 Å². The molecule has 0 saturated carbocycles. The van der Waals surface area contributed by atoms with Gasteiger partial charge in [0.2, 0.25) is 0 Å². The van der Waals surface area contributed by atoms with Crippen LogP contribution in [0.4, 0.5) is 5.13 Å². The molecular weight excluding hydrogens is 472 g/mol. The summed E-state index contributed by atoms with van der Waals surface area (Å²) in [5, 5.41) is 12.1. The second-order valence-corrected chi connectivity index (χ2v) is 9.36. The maximum absolute atomic E-state index is 13.3. The Labute approximate surface area is 204 Å². The van der Waals surface area contributed by atoms with Gasteiger partial charge in [0, 0.05) is 10.6 Å². The number of halogens is 1. The highest BCUT2D eigenvalue weighted by Crippen LogP contribution is 2.44. The van der Waals surface area contributed by atoms with E-state index in [1.54, 1.807) is 55.6 Å². The van der Waals surface area contributed by atoms with Gasteiger partial charge in [-0.3, -0.25) is 14.5 Å². The average Bonchev–Trinajstić information content (AvgIpc) is 3.37. The Morgan fingerprint density at radius 1 is 1.06 bits per heavy atom. The quantitative estimate of drug-likeness (QED) is 0.219. The number of thiazole rings is 1. The molecule has 1 fully saturated rings. The molecule has 3 aromatic carbocycles. The number of aliphatic hydroxyl groups excluding tert-OH is 1. The largest absolute Gasteiger partial charge is 0.507 e. The molecule has 0 spiro atoms. The van der Waals surface area contributed by atoms with Crippen molar-refractivity contribution in [3.63, 3.8) is 0 Å². The second kappa shape index (κ2) is 8.59. The Bertz CT molecular complexity index is 1460. The number of aryl methyl sites for hydroxylation is 1. The standard InChI is InChI=1S/C26H19ClN2O4S/c1-14-3-12-19-20(13-14)34-26(28-19)29-22(15-4-8-17(27)9-5-15)21(24(31)25(29)32)23(30)16-6-10-18(33-2)11-7-16/h3-13,22,30H,1-2H3/t22-/m0/s1. The Morgan fingerprint density at radius 2 is 1.76 bits per heavy atom. The molecule has 0 unspecified atom stereocenters. The molecule has 0 aliphatic carbocycles. The van der Waals surface area contributed by atoms with E-state index in [2.05, 4.69) is 4.98 Å². The van der Waals surface area contributed by atoms with Crippen molar-refractivity contribution in [3.8, 4) is 5.75 Å². The van der Waals surface area contributed by atoms with Gasteiger partial charge < -0.3 is 9.84 Å². The summed E-state index contributed by atoms with van der Waals surface area (Å²) in [6.07, 6.45) is 0. The van der Waals surface area contributed by atoms with E-state index in [-0.39, 0.29) is 11.3 Å². The van der Waals surface area contributed by atoms with Crippen LogP contribution in [0.2, 0.25) is 5.02 Å². The highest BCUT2D eigenvalue weighted by Gasteiger charge is 2.48. The Morgan fingerprint density at radius 3 is 2.44 bits per heavy atom. The van der Waals surface area contributed by atoms with Crippen molar-refractivity contribution in [1.82, 2.24) is 4.98 Å². The lowest BCUT2D eigenvalue weighted by molar-refractivity contribution is -0.132. The first kappa shape index (κ1) is 22.1. The lowest BCUT2D eigenvalue weighted by atomic mass is 9.95. The maximum atomic E-state index is 13.3. The summed E-state index contributed by atoms with van der Waals surface area (Å²) in [6.45, 7) is 1.98. The molecule has 34 heavy (non-hydrogen) atoms. The molecule has 6 nitrogen and oxygen atoms in total. The number of carbonyl (C=O) groups excluding carboxylic acids is 2. The van der Waals surface area contributed by atoms with E-state index in [0.717, 1.165) is 15.8 Å². The zero-order valence-electron chi connectivity index (χ0n) is 18.3. The molecule has 1 saturated heterocycles. The first-order chi connectivity index (χ1) is 16.4. The van der Waals surface area contributed by atoms with E-state index in [1.807, 2.05) is 25.1 Å². The number of hydrogen-bond donors (Lipinski definition) is 1. The molecule has 8 heteroatoms. The summed E-state index contributed by atoms with van der Waals surface area (Å²) >= 11 is 7.42. The molecular formula is C26H19ClN2O4S. The van der Waals surface area contributed by atoms with Crippen molar-refractivity contribution in [2.45, 2.75) is 13.0 Å². The van der Waals surface area contributed by atoms with Gasteiger partial charge in [-0.2, -0.15) is 0 Å². The Kier molecular flexibility index (Phi) is 5.59. The van der Waals surface area contributed by atoms with Crippen LogP contribution in [-0.2, 0) is 9.59 Å². The van der Waals surface area contributed by atoms with Crippen LogP contribution >= 0.6 is 22.9 Å². The van der Waals surface area contributed by atoms with Gasteiger partial charge in [0.05, 0.1) is 28.9 Å². The number of nitrogens with zero attached hydrogens (tertiary/aromatic N) is 2. The number of aliphatic hydroxyl groups is 1. The maximum Gasteiger partial charge on any atom is 0.301 e. The van der Waals surface area contributed by atoms with Gasteiger partial charge in [0.1, 0.15) is 11.5 Å². The van der Waals surface area contributed by atoms with Crippen molar-refractivity contribution in [1.29, 1.82) is 0 Å². The third kappa shape index (κ3) is 3.73. The van der Waals surface area contributed by atoms with Crippen molar-refractivity contribution < 1.29 is 19.4 Å². The highest BCUT2D eigenvalue weighted by atomic mass is 35.5. The van der Waals surface area contributed by atoms with Gasteiger partial charge in [-0.15, -0.1) is 0 Å². The predicted molar refractivity (Wildman–Crippen MR) is 134 cm³/mol. The molecule has 1 amide bonds. The average molecular weight is 491 g/mol. The molecule has 1 aliphatic heterocycles. The van der Waals surface area contributed by atoms with Gasteiger partial charge in [-0.1, -0.05) is 41.1 Å². The van der Waals surface area contributed by atoms with E-state index in [1.165, 1.54) is 16.2 Å². The van der Waals surface area contributed by atoms with Crippen LogP contribution in [0.1, 0.15) is 22.7 Å². The first-order valence-corrected chi connectivity index (χ1v) is 11.6. The monoisotopic (exact) mass is 490 g/mol. The lowest BCUT2D eigenvalue weighted by Crippen LogP contribution is -2.29. The number of methoxy groups -OCH3 is 1. The molecule has 1 N–H and O–H groups in total. The number of amides is 1. The summed E-state index contributed by atoms with van der Waals surface area (Å²) in [6, 6.07) is 18.4. The van der Waals surface area contributed by atoms with Gasteiger partial charge in [0.15, 0.2) is 5.13 Å². The molecule has 1 atom stereocenters. The summed E-state index contributed by atoms with van der Waals surface area (Å²) in [4.78, 5) is 32.6. The third-order valence-corrected chi connectivity index (χ3v) is 7.00. The molecule has 0 radical (unpaired) electrons. The second-order valence-electron chi connectivity index (χ2n) is 7.92. The van der Waals surface area contributed by atoms with E-state index in [4.69, 9.17) is 16.3 Å². The topological polar surface area (TPSA) is 79.7 Å². The number of ether oxygens (including phenoxy) is 1. The van der Waals surface area contributed by atoms with E-state index in [9.17, 15) is 14.7 Å². The minimum absolute atomic E-state index is 0.00655. The Hall–Kier alpha value is -3.68. The van der Waals surface area contributed by atoms with Crippen molar-refractivity contribution in [2.24, 2.45) is 0 Å². The fourth-order valence-corrected chi connectivity index (χ4v) is 5.23. The number of rotatable bonds is 4. The van der Waals surface area contributed by atoms with Crippen LogP contribution < -0.4 is 9.64 Å². The van der Waals surface area contributed by atoms with Crippen LogP contribution in [0.3, 0.4) is 0 Å². The molecule has 5 rings (SSSR count). The van der Waals surface area contributed by atoms with Crippen molar-refractivity contribution in [3.05, 3.63) is 94.0 Å². The minimum Gasteiger partial charge on any atom is -0.507 e. The van der Waals surface area contributed by atoms with E-state index >= 15 is 0 Å². The molecule has 1 aliphatic rings. The third-order valence-electron chi connectivity index (χ3n) is 5.73. The first-order valence-electron chi connectivity index (χ1n) is 10.5. The van der Waals surface area contributed by atoms with Crippen LogP contribution in [0.5, 0.6) is 5.75 Å². The summed E-state index contributed by atoms with van der Waals surface area (Å²) in [5.74, 6) is -1.18. The zero-order valence-corrected chi connectivity index (χ0v) is 19.9. The zero-order chi connectivity index (χ0) is 24.0. The van der Waals surface area contributed by atoms with Crippen molar-refractivity contribution in [2.75, 3.05) is 12.0 Å². The van der Waals surface area contributed by atoms with E-state index < -0.39 is 17.7 Å². The lowest BCUT2D eigenvalue weighted by Gasteiger charge is -2.23. The number of fused-ring (bicyclic) bond motifs is 1. The van der Waals surface area contributed by atoms with Crippen LogP contribution in [0.15, 0.2) is 72.3 Å². The summed E-state index contributed by atoms with van der Waals surface area (Å²) in [7, 11) is 1.54.